The lowest BCUT2D eigenvalue weighted by molar-refractivity contribution is 0.525. The smallest absolute Gasteiger partial charge is 0.126 e. The van der Waals surface area contributed by atoms with Gasteiger partial charge in [-0.1, -0.05) is 22.9 Å². The number of aryl methyl sites for hydroxylation is 2. The zero-order chi connectivity index (χ0) is 14.7. The first-order valence-electron chi connectivity index (χ1n) is 6.68. The summed E-state index contributed by atoms with van der Waals surface area (Å²) in [6.07, 6.45) is 2.60. The molecule has 1 aromatic carbocycles. The maximum Gasteiger partial charge on any atom is 0.126 e. The van der Waals surface area contributed by atoms with E-state index >= 15 is 0 Å². The molecule has 0 saturated heterocycles. The molecule has 0 aliphatic carbocycles. The molecule has 108 valence electrons. The molecule has 1 aromatic heterocycles. The third-order valence-electron chi connectivity index (χ3n) is 3.31. The summed E-state index contributed by atoms with van der Waals surface area (Å²) < 4.78 is 16.6. The lowest BCUT2D eigenvalue weighted by Crippen LogP contribution is -2.23. The monoisotopic (exact) mass is 339 g/mol. The first-order valence-corrected chi connectivity index (χ1v) is 7.48. The van der Waals surface area contributed by atoms with Gasteiger partial charge in [0.1, 0.15) is 5.82 Å². The van der Waals surface area contributed by atoms with Crippen molar-refractivity contribution in [3.05, 3.63) is 51.5 Å². The molecule has 0 fully saturated rings. The standard InChI is InChI=1S/C15H19BrFN3/c1-4-18-15(13-9-20(3)19-10(13)2)8-11-7-12(16)5-6-14(11)17/h5-7,9,15,18H,4,8H2,1-3H3. The Morgan fingerprint density at radius 1 is 1.45 bits per heavy atom. The van der Waals surface area contributed by atoms with Crippen LogP contribution < -0.4 is 5.32 Å². The van der Waals surface area contributed by atoms with Gasteiger partial charge in [-0.2, -0.15) is 5.10 Å². The maximum atomic E-state index is 13.9. The van der Waals surface area contributed by atoms with E-state index in [1.807, 2.05) is 26.2 Å². The minimum Gasteiger partial charge on any atom is -0.310 e. The second-order valence-corrected chi connectivity index (χ2v) is 5.81. The van der Waals surface area contributed by atoms with Crippen LogP contribution in [0.5, 0.6) is 0 Å². The first-order chi connectivity index (χ1) is 9.51. The quantitative estimate of drug-likeness (QED) is 0.903. The van der Waals surface area contributed by atoms with Crippen molar-refractivity contribution in [1.29, 1.82) is 0 Å². The van der Waals surface area contributed by atoms with Crippen molar-refractivity contribution in [2.75, 3.05) is 6.54 Å². The van der Waals surface area contributed by atoms with E-state index in [1.54, 1.807) is 10.7 Å². The summed E-state index contributed by atoms with van der Waals surface area (Å²) in [5.41, 5.74) is 2.80. The van der Waals surface area contributed by atoms with Gasteiger partial charge in [0.2, 0.25) is 0 Å². The van der Waals surface area contributed by atoms with Gasteiger partial charge in [-0.05, 0) is 43.7 Å². The van der Waals surface area contributed by atoms with Crippen LogP contribution >= 0.6 is 15.9 Å². The second kappa shape index (κ2) is 6.50. The molecule has 1 heterocycles. The minimum atomic E-state index is -0.169. The van der Waals surface area contributed by atoms with Gasteiger partial charge < -0.3 is 5.32 Å². The van der Waals surface area contributed by atoms with E-state index in [-0.39, 0.29) is 11.9 Å². The Bertz CT molecular complexity index is 595. The number of aromatic nitrogens is 2. The van der Waals surface area contributed by atoms with Gasteiger partial charge in [0.15, 0.2) is 0 Å². The molecular formula is C15H19BrFN3. The molecule has 0 spiro atoms. The number of likely N-dealkylation sites (N-methyl/N-ethyl adjacent to an activating group) is 1. The largest absolute Gasteiger partial charge is 0.310 e. The number of halogens is 2. The maximum absolute atomic E-state index is 13.9. The number of nitrogens with one attached hydrogen (secondary N) is 1. The van der Waals surface area contributed by atoms with Crippen LogP contribution in [0.2, 0.25) is 0 Å². The highest BCUT2D eigenvalue weighted by Crippen LogP contribution is 2.24. The summed E-state index contributed by atoms with van der Waals surface area (Å²) in [6, 6.07) is 5.12. The van der Waals surface area contributed by atoms with Gasteiger partial charge in [-0.15, -0.1) is 0 Å². The molecule has 0 radical (unpaired) electrons. The van der Waals surface area contributed by atoms with Crippen molar-refractivity contribution in [3.8, 4) is 0 Å². The van der Waals surface area contributed by atoms with Crippen LogP contribution in [0.25, 0.3) is 0 Å². The van der Waals surface area contributed by atoms with E-state index in [9.17, 15) is 4.39 Å². The average molecular weight is 340 g/mol. The fraction of sp³-hybridized carbons (Fsp3) is 0.400. The predicted molar refractivity (Wildman–Crippen MR) is 82.2 cm³/mol. The molecule has 1 unspecified atom stereocenters. The predicted octanol–water partition coefficient (Wildman–Crippen LogP) is 3.52. The molecule has 0 aliphatic heterocycles. The van der Waals surface area contributed by atoms with Crippen molar-refractivity contribution < 1.29 is 4.39 Å². The first kappa shape index (κ1) is 15.2. The van der Waals surface area contributed by atoms with Crippen molar-refractivity contribution in [2.24, 2.45) is 7.05 Å². The number of benzene rings is 1. The Labute approximate surface area is 127 Å². The number of hydrogen-bond donors (Lipinski definition) is 1. The van der Waals surface area contributed by atoms with Crippen molar-refractivity contribution in [3.63, 3.8) is 0 Å². The molecule has 0 aliphatic rings. The highest BCUT2D eigenvalue weighted by atomic mass is 79.9. The molecule has 0 amide bonds. The van der Waals surface area contributed by atoms with Crippen molar-refractivity contribution in [2.45, 2.75) is 26.3 Å². The summed E-state index contributed by atoms with van der Waals surface area (Å²) in [7, 11) is 1.90. The molecule has 0 saturated carbocycles. The van der Waals surface area contributed by atoms with Gasteiger partial charge in [0.05, 0.1) is 5.69 Å². The number of hydrogen-bond acceptors (Lipinski definition) is 2. The highest BCUT2D eigenvalue weighted by Gasteiger charge is 2.18. The van der Waals surface area contributed by atoms with E-state index in [0.717, 1.165) is 22.3 Å². The molecule has 2 rings (SSSR count). The van der Waals surface area contributed by atoms with Crippen molar-refractivity contribution >= 4 is 15.9 Å². The van der Waals surface area contributed by atoms with Crippen molar-refractivity contribution in [1.82, 2.24) is 15.1 Å². The second-order valence-electron chi connectivity index (χ2n) is 4.89. The summed E-state index contributed by atoms with van der Waals surface area (Å²) in [6.45, 7) is 4.86. The third-order valence-corrected chi connectivity index (χ3v) is 3.80. The molecule has 5 heteroatoms. The summed E-state index contributed by atoms with van der Waals surface area (Å²) in [5.74, 6) is -0.169. The minimum absolute atomic E-state index is 0.0671. The SMILES string of the molecule is CCNC(Cc1cc(Br)ccc1F)c1cn(C)nc1C. The fourth-order valence-electron chi connectivity index (χ4n) is 2.42. The van der Waals surface area contributed by atoms with Gasteiger partial charge in [-0.3, -0.25) is 4.68 Å². The van der Waals surface area contributed by atoms with Crippen LogP contribution in [-0.4, -0.2) is 16.3 Å². The van der Waals surface area contributed by atoms with E-state index < -0.39 is 0 Å². The molecule has 1 atom stereocenters. The van der Waals surface area contributed by atoms with Gasteiger partial charge >= 0.3 is 0 Å². The topological polar surface area (TPSA) is 29.9 Å². The Morgan fingerprint density at radius 3 is 2.80 bits per heavy atom. The lowest BCUT2D eigenvalue weighted by atomic mass is 9.99. The van der Waals surface area contributed by atoms with Gasteiger partial charge in [0, 0.05) is 29.3 Å². The summed E-state index contributed by atoms with van der Waals surface area (Å²) in [4.78, 5) is 0. The van der Waals surface area contributed by atoms with Crippen LogP contribution in [0.15, 0.2) is 28.9 Å². The molecule has 1 N–H and O–H groups in total. The zero-order valence-electron chi connectivity index (χ0n) is 12.0. The van der Waals surface area contributed by atoms with Gasteiger partial charge in [0.25, 0.3) is 0 Å². The summed E-state index contributed by atoms with van der Waals surface area (Å²) >= 11 is 3.40. The van der Waals surface area contributed by atoms with Crippen LogP contribution in [0.4, 0.5) is 4.39 Å². The van der Waals surface area contributed by atoms with Crippen LogP contribution in [0.3, 0.4) is 0 Å². The Morgan fingerprint density at radius 2 is 2.20 bits per heavy atom. The van der Waals surface area contributed by atoms with Crippen LogP contribution in [0, 0.1) is 12.7 Å². The highest BCUT2D eigenvalue weighted by molar-refractivity contribution is 9.10. The molecule has 20 heavy (non-hydrogen) atoms. The normalized spacial score (nSPS) is 12.7. The van der Waals surface area contributed by atoms with Gasteiger partial charge in [-0.25, -0.2) is 4.39 Å². The molecule has 2 aromatic rings. The fourth-order valence-corrected chi connectivity index (χ4v) is 2.83. The summed E-state index contributed by atoms with van der Waals surface area (Å²) in [5, 5.41) is 7.78. The van der Waals surface area contributed by atoms with E-state index in [1.165, 1.54) is 6.07 Å². The third kappa shape index (κ3) is 3.46. The number of rotatable bonds is 5. The molecular weight excluding hydrogens is 321 g/mol. The lowest BCUT2D eigenvalue weighted by Gasteiger charge is -2.18. The zero-order valence-corrected chi connectivity index (χ0v) is 13.5. The molecule has 0 bridgehead atoms. The number of nitrogens with zero attached hydrogens (tertiary/aromatic N) is 2. The van der Waals surface area contributed by atoms with E-state index in [2.05, 4.69) is 33.3 Å². The van der Waals surface area contributed by atoms with E-state index in [0.29, 0.717) is 12.0 Å². The van der Waals surface area contributed by atoms with Crippen LogP contribution in [-0.2, 0) is 13.5 Å². The molecule has 3 nitrogen and oxygen atoms in total. The Kier molecular flexibility index (Phi) is 4.94. The average Bonchev–Trinajstić information content (AvgIpc) is 2.72. The Balaban J connectivity index is 2.30. The van der Waals surface area contributed by atoms with E-state index in [4.69, 9.17) is 0 Å². The Hall–Kier alpha value is -1.20. The van der Waals surface area contributed by atoms with Crippen LogP contribution in [0.1, 0.15) is 29.8 Å².